The number of halogens is 1. The number of likely N-dealkylation sites (tertiary alicyclic amines) is 1. The molecule has 2 heterocycles. The van der Waals surface area contributed by atoms with Crippen molar-refractivity contribution in [1.29, 1.82) is 0 Å². The number of aliphatic hydroxyl groups is 1. The fraction of sp³-hybridized carbons (Fsp3) is 0.333. The number of carbonyl (C=O) groups is 1. The lowest BCUT2D eigenvalue weighted by Gasteiger charge is -2.23. The van der Waals surface area contributed by atoms with E-state index in [1.54, 1.807) is 35.4 Å². The van der Waals surface area contributed by atoms with E-state index in [-0.39, 0.29) is 25.5 Å². The molecule has 2 aromatic rings. The lowest BCUT2D eigenvalue weighted by molar-refractivity contribution is -0.130. The molecule has 1 N–H and O–H groups in total. The van der Waals surface area contributed by atoms with E-state index in [1.807, 2.05) is 6.07 Å². The highest BCUT2D eigenvalue weighted by molar-refractivity contribution is 5.78. The van der Waals surface area contributed by atoms with Crippen LogP contribution in [0, 0.1) is 5.82 Å². The average Bonchev–Trinajstić information content (AvgIpc) is 2.97. The summed E-state index contributed by atoms with van der Waals surface area (Å²) in [5.74, 6) is -0.102. The minimum atomic E-state index is -1.12. The van der Waals surface area contributed by atoms with E-state index in [9.17, 15) is 14.3 Å². The van der Waals surface area contributed by atoms with Gasteiger partial charge in [0.25, 0.3) is 0 Å². The van der Waals surface area contributed by atoms with Gasteiger partial charge in [0.15, 0.2) is 0 Å². The van der Waals surface area contributed by atoms with Gasteiger partial charge in [-0.3, -0.25) is 9.78 Å². The van der Waals surface area contributed by atoms with Gasteiger partial charge in [0.2, 0.25) is 5.91 Å². The summed E-state index contributed by atoms with van der Waals surface area (Å²) < 4.78 is 18.6. The van der Waals surface area contributed by atoms with Gasteiger partial charge in [-0.15, -0.1) is 0 Å². The fourth-order valence-electron chi connectivity index (χ4n) is 2.73. The number of hydrogen-bond acceptors (Lipinski definition) is 4. The lowest BCUT2D eigenvalue weighted by atomic mass is 10.1. The Morgan fingerprint density at radius 1 is 1.33 bits per heavy atom. The molecule has 1 saturated heterocycles. The van der Waals surface area contributed by atoms with Crippen molar-refractivity contribution in [3.05, 3.63) is 60.2 Å². The molecule has 1 amide bonds. The van der Waals surface area contributed by atoms with Crippen LogP contribution in [-0.4, -0.2) is 46.2 Å². The number of hydrogen-bond donors (Lipinski definition) is 1. The van der Waals surface area contributed by atoms with E-state index >= 15 is 0 Å². The number of carbonyl (C=O) groups excluding carboxylic acids is 1. The molecule has 6 heteroatoms. The molecule has 1 aromatic heterocycles. The molecule has 5 nitrogen and oxygen atoms in total. The van der Waals surface area contributed by atoms with Crippen LogP contribution < -0.4 is 4.74 Å². The SMILES string of the molecule is O=C(Cc1ccccn1)N1CC[C@@](O)(COc2cccc(F)c2)C1. The Morgan fingerprint density at radius 3 is 2.96 bits per heavy atom. The van der Waals surface area contributed by atoms with Gasteiger partial charge in [0.1, 0.15) is 23.8 Å². The molecular formula is C18H19FN2O3. The zero-order valence-electron chi connectivity index (χ0n) is 13.2. The Morgan fingerprint density at radius 2 is 2.21 bits per heavy atom. The van der Waals surface area contributed by atoms with Gasteiger partial charge in [-0.2, -0.15) is 0 Å². The first-order valence-electron chi connectivity index (χ1n) is 7.83. The molecule has 126 valence electrons. The van der Waals surface area contributed by atoms with Crippen molar-refractivity contribution >= 4 is 5.91 Å². The second-order valence-corrected chi connectivity index (χ2v) is 6.03. The van der Waals surface area contributed by atoms with Gasteiger partial charge >= 0.3 is 0 Å². The molecule has 1 aliphatic rings. The third kappa shape index (κ3) is 4.08. The second-order valence-electron chi connectivity index (χ2n) is 6.03. The number of pyridine rings is 1. The first-order chi connectivity index (χ1) is 11.5. The van der Waals surface area contributed by atoms with Crippen LogP contribution in [-0.2, 0) is 11.2 Å². The highest BCUT2D eigenvalue weighted by atomic mass is 19.1. The maximum atomic E-state index is 13.1. The summed E-state index contributed by atoms with van der Waals surface area (Å²) in [5.41, 5.74) is -0.416. The fourth-order valence-corrected chi connectivity index (χ4v) is 2.73. The van der Waals surface area contributed by atoms with Crippen molar-refractivity contribution in [3.8, 4) is 5.75 Å². The molecule has 0 bridgehead atoms. The van der Waals surface area contributed by atoms with E-state index in [0.29, 0.717) is 24.4 Å². The Labute approximate surface area is 139 Å². The topological polar surface area (TPSA) is 62.7 Å². The molecule has 0 unspecified atom stereocenters. The second kappa shape index (κ2) is 6.97. The van der Waals surface area contributed by atoms with E-state index in [2.05, 4.69) is 4.98 Å². The van der Waals surface area contributed by atoms with Crippen molar-refractivity contribution in [2.45, 2.75) is 18.4 Å². The summed E-state index contributed by atoms with van der Waals surface area (Å²) in [4.78, 5) is 18.1. The zero-order valence-corrected chi connectivity index (χ0v) is 13.2. The standard InChI is InChI=1S/C18H19FN2O3/c19-14-4-3-6-16(10-14)24-13-18(23)7-9-21(12-18)17(22)11-15-5-1-2-8-20-15/h1-6,8,10,23H,7,9,11-13H2/t18-/m0/s1. The number of rotatable bonds is 5. The first-order valence-corrected chi connectivity index (χ1v) is 7.83. The van der Waals surface area contributed by atoms with Crippen LogP contribution in [0.1, 0.15) is 12.1 Å². The van der Waals surface area contributed by atoms with Crippen LogP contribution in [0.15, 0.2) is 48.7 Å². The summed E-state index contributed by atoms with van der Waals surface area (Å²) in [5, 5.41) is 10.6. The number of aromatic nitrogens is 1. The van der Waals surface area contributed by atoms with Crippen molar-refractivity contribution in [2.75, 3.05) is 19.7 Å². The van der Waals surface area contributed by atoms with Crippen LogP contribution >= 0.6 is 0 Å². The maximum absolute atomic E-state index is 13.1. The molecule has 0 saturated carbocycles. The van der Waals surface area contributed by atoms with Crippen LogP contribution in [0.5, 0.6) is 5.75 Å². The van der Waals surface area contributed by atoms with Gasteiger partial charge in [0.05, 0.1) is 13.0 Å². The summed E-state index contributed by atoms with van der Waals surface area (Å²) in [6.07, 6.45) is 2.29. The molecule has 24 heavy (non-hydrogen) atoms. The summed E-state index contributed by atoms with van der Waals surface area (Å²) >= 11 is 0. The number of benzene rings is 1. The number of amides is 1. The molecule has 1 atom stereocenters. The van der Waals surface area contributed by atoms with Gasteiger partial charge < -0.3 is 14.7 Å². The van der Waals surface area contributed by atoms with E-state index in [0.717, 1.165) is 0 Å². The van der Waals surface area contributed by atoms with E-state index in [1.165, 1.54) is 12.1 Å². The maximum Gasteiger partial charge on any atom is 0.228 e. The summed E-state index contributed by atoms with van der Waals surface area (Å²) in [6, 6.07) is 11.2. The largest absolute Gasteiger partial charge is 0.490 e. The number of β-amino-alcohol motifs (C(OH)–C–C–N with tert-alkyl or cyclic N) is 1. The van der Waals surface area contributed by atoms with Crippen molar-refractivity contribution in [2.24, 2.45) is 0 Å². The Balaban J connectivity index is 1.54. The van der Waals surface area contributed by atoms with Gasteiger partial charge in [-0.1, -0.05) is 12.1 Å². The Kier molecular flexibility index (Phi) is 4.76. The van der Waals surface area contributed by atoms with Crippen LogP contribution in [0.3, 0.4) is 0 Å². The molecule has 0 aliphatic carbocycles. The van der Waals surface area contributed by atoms with Crippen molar-refractivity contribution in [3.63, 3.8) is 0 Å². The zero-order chi connectivity index (χ0) is 17.0. The van der Waals surface area contributed by atoms with Crippen molar-refractivity contribution in [1.82, 2.24) is 9.88 Å². The molecule has 1 aromatic carbocycles. The normalized spacial score (nSPS) is 20.2. The summed E-state index contributed by atoms with van der Waals surface area (Å²) in [6.45, 7) is 0.687. The third-order valence-electron chi connectivity index (χ3n) is 4.05. The Hall–Kier alpha value is -2.47. The smallest absolute Gasteiger partial charge is 0.228 e. The predicted molar refractivity (Wildman–Crippen MR) is 86.0 cm³/mol. The molecule has 0 radical (unpaired) electrons. The molecule has 3 rings (SSSR count). The third-order valence-corrected chi connectivity index (χ3v) is 4.05. The minimum absolute atomic E-state index is 0.0177. The summed E-state index contributed by atoms with van der Waals surface area (Å²) in [7, 11) is 0. The van der Waals surface area contributed by atoms with Gasteiger partial charge in [-0.05, 0) is 30.7 Å². The van der Waals surface area contributed by atoms with Crippen molar-refractivity contribution < 1.29 is 19.0 Å². The monoisotopic (exact) mass is 330 g/mol. The lowest BCUT2D eigenvalue weighted by Crippen LogP contribution is -2.41. The number of ether oxygens (including phenoxy) is 1. The highest BCUT2D eigenvalue weighted by Gasteiger charge is 2.39. The molecule has 1 aliphatic heterocycles. The molecule has 0 spiro atoms. The predicted octanol–water partition coefficient (Wildman–Crippen LogP) is 1.81. The minimum Gasteiger partial charge on any atom is -0.490 e. The van der Waals surface area contributed by atoms with Crippen LogP contribution in [0.25, 0.3) is 0 Å². The van der Waals surface area contributed by atoms with E-state index in [4.69, 9.17) is 4.74 Å². The molecular weight excluding hydrogens is 311 g/mol. The van der Waals surface area contributed by atoms with Gasteiger partial charge in [0, 0.05) is 24.5 Å². The van der Waals surface area contributed by atoms with Crippen LogP contribution in [0.4, 0.5) is 4.39 Å². The number of nitrogens with zero attached hydrogens (tertiary/aromatic N) is 2. The Bertz CT molecular complexity index is 710. The average molecular weight is 330 g/mol. The van der Waals surface area contributed by atoms with Gasteiger partial charge in [-0.25, -0.2) is 4.39 Å². The molecule has 1 fully saturated rings. The van der Waals surface area contributed by atoms with Crippen LogP contribution in [0.2, 0.25) is 0 Å². The highest BCUT2D eigenvalue weighted by Crippen LogP contribution is 2.24. The van der Waals surface area contributed by atoms with E-state index < -0.39 is 11.4 Å². The quantitative estimate of drug-likeness (QED) is 0.908. The first kappa shape index (κ1) is 16.4.